The fourth-order valence-electron chi connectivity index (χ4n) is 5.47. The summed E-state index contributed by atoms with van der Waals surface area (Å²) in [5, 5.41) is 0. The molecule has 0 unspecified atom stereocenters. The minimum Gasteiger partial charge on any atom is -0.490 e. The van der Waals surface area contributed by atoms with Crippen molar-refractivity contribution in [3.8, 4) is 5.75 Å². The van der Waals surface area contributed by atoms with Gasteiger partial charge in [0.2, 0.25) is 0 Å². The second kappa shape index (κ2) is 10.4. The van der Waals surface area contributed by atoms with Crippen molar-refractivity contribution in [3.05, 3.63) is 107 Å². The summed E-state index contributed by atoms with van der Waals surface area (Å²) in [7, 11) is 2.24. The van der Waals surface area contributed by atoms with Crippen LogP contribution in [0.1, 0.15) is 60.8 Å². The molecule has 0 aromatic heterocycles. The van der Waals surface area contributed by atoms with Gasteiger partial charge in [0, 0.05) is 13.1 Å². The molecule has 1 saturated carbocycles. The van der Waals surface area contributed by atoms with E-state index in [9.17, 15) is 0 Å². The van der Waals surface area contributed by atoms with E-state index in [1.165, 1.54) is 65.5 Å². The number of nitrogens with zero attached hydrogens (tertiary/aromatic N) is 1. The summed E-state index contributed by atoms with van der Waals surface area (Å²) in [5.74, 6) is 1.05. The van der Waals surface area contributed by atoms with Gasteiger partial charge in [-0.1, -0.05) is 73.2 Å². The highest BCUT2D eigenvalue weighted by Crippen LogP contribution is 2.38. The molecule has 2 nitrogen and oxygen atoms in total. The minimum atomic E-state index is 0.395. The Hall–Kier alpha value is -2.84. The Kier molecular flexibility index (Phi) is 6.92. The van der Waals surface area contributed by atoms with Gasteiger partial charge in [0.25, 0.3) is 0 Å². The zero-order chi connectivity index (χ0) is 22.5. The largest absolute Gasteiger partial charge is 0.490 e. The maximum Gasteiger partial charge on any atom is 0.120 e. The molecule has 2 aliphatic carbocycles. The Morgan fingerprint density at radius 1 is 0.788 bits per heavy atom. The van der Waals surface area contributed by atoms with Crippen molar-refractivity contribution >= 4 is 5.57 Å². The highest BCUT2D eigenvalue weighted by Gasteiger charge is 2.23. The molecule has 0 N–H and O–H groups in total. The number of hydrogen-bond donors (Lipinski definition) is 0. The summed E-state index contributed by atoms with van der Waals surface area (Å²) in [6.45, 7) is 1.95. The lowest BCUT2D eigenvalue weighted by Crippen LogP contribution is -2.23. The molecule has 0 aliphatic heterocycles. The molecular weight excluding hydrogens is 402 g/mol. The molecule has 2 aliphatic rings. The topological polar surface area (TPSA) is 12.5 Å². The number of rotatable bonds is 7. The lowest BCUT2D eigenvalue weighted by Gasteiger charge is -2.28. The molecule has 2 heteroatoms. The lowest BCUT2D eigenvalue weighted by molar-refractivity contribution is 0.155. The van der Waals surface area contributed by atoms with Crippen molar-refractivity contribution in [1.29, 1.82) is 0 Å². The fourth-order valence-corrected chi connectivity index (χ4v) is 5.47. The van der Waals surface area contributed by atoms with Crippen LogP contribution in [-0.2, 0) is 13.0 Å². The molecule has 0 bridgehead atoms. The Bertz CT molecular complexity index is 1080. The molecule has 0 heterocycles. The number of ether oxygens (including phenoxy) is 1. The number of aryl methyl sites for hydroxylation is 1. The second-order valence-corrected chi connectivity index (χ2v) is 9.70. The van der Waals surface area contributed by atoms with Gasteiger partial charge in [-0.25, -0.2) is 0 Å². The van der Waals surface area contributed by atoms with Crippen LogP contribution in [0.25, 0.3) is 5.57 Å². The summed E-state index contributed by atoms with van der Waals surface area (Å²) in [5.41, 5.74) is 8.45. The van der Waals surface area contributed by atoms with Gasteiger partial charge in [-0.05, 0) is 91.1 Å². The van der Waals surface area contributed by atoms with Crippen LogP contribution in [0.2, 0.25) is 0 Å². The smallest absolute Gasteiger partial charge is 0.120 e. The summed E-state index contributed by atoms with van der Waals surface area (Å²) in [6, 6.07) is 28.5. The van der Waals surface area contributed by atoms with E-state index in [1.54, 1.807) is 0 Å². The van der Waals surface area contributed by atoms with Gasteiger partial charge in [0.15, 0.2) is 0 Å². The zero-order valence-electron chi connectivity index (χ0n) is 19.8. The van der Waals surface area contributed by atoms with Gasteiger partial charge in [-0.15, -0.1) is 0 Å². The predicted molar refractivity (Wildman–Crippen MR) is 138 cm³/mol. The van der Waals surface area contributed by atoms with E-state index in [-0.39, 0.29) is 0 Å². The van der Waals surface area contributed by atoms with Crippen LogP contribution >= 0.6 is 0 Å². The average Bonchev–Trinajstić information content (AvgIpc) is 2.86. The van der Waals surface area contributed by atoms with Crippen molar-refractivity contribution in [2.45, 2.75) is 57.6 Å². The van der Waals surface area contributed by atoms with Crippen LogP contribution < -0.4 is 4.74 Å². The first-order valence-electron chi connectivity index (χ1n) is 12.6. The first-order valence-corrected chi connectivity index (χ1v) is 12.6. The van der Waals surface area contributed by atoms with Crippen LogP contribution in [0.15, 0.2) is 84.4 Å². The van der Waals surface area contributed by atoms with Crippen molar-refractivity contribution in [3.63, 3.8) is 0 Å². The standard InChI is InChI=1S/C31H35NO/c1-32(22-24-11-5-2-6-12-24)23-27-18-17-26-21-29(33-28-15-9-4-10-16-28)19-20-30(26)31(27)25-13-7-3-8-14-25/h2-3,5-8,11-14,19-21,28H,4,9-10,15-18,22-23H2,1H3. The number of fused-ring (bicyclic) bond motifs is 1. The molecule has 170 valence electrons. The van der Waals surface area contributed by atoms with Gasteiger partial charge >= 0.3 is 0 Å². The molecule has 0 amide bonds. The average molecular weight is 438 g/mol. The van der Waals surface area contributed by atoms with E-state index in [0.717, 1.165) is 31.7 Å². The van der Waals surface area contributed by atoms with Crippen molar-refractivity contribution in [2.24, 2.45) is 0 Å². The summed E-state index contributed by atoms with van der Waals surface area (Å²) >= 11 is 0. The number of likely N-dealkylation sites (N-methyl/N-ethyl adjacent to an activating group) is 1. The quantitative estimate of drug-likeness (QED) is 0.385. The molecule has 3 aromatic carbocycles. The second-order valence-electron chi connectivity index (χ2n) is 9.70. The highest BCUT2D eigenvalue weighted by atomic mass is 16.5. The first-order chi connectivity index (χ1) is 16.3. The van der Waals surface area contributed by atoms with Crippen molar-refractivity contribution in [1.82, 2.24) is 4.90 Å². The third-order valence-corrected chi connectivity index (χ3v) is 7.07. The Labute approximate surface area is 198 Å². The summed E-state index contributed by atoms with van der Waals surface area (Å²) < 4.78 is 6.40. The third-order valence-electron chi connectivity index (χ3n) is 7.07. The lowest BCUT2D eigenvalue weighted by atomic mass is 9.82. The molecule has 0 spiro atoms. The molecular formula is C31H35NO. The van der Waals surface area contributed by atoms with E-state index in [1.807, 2.05) is 0 Å². The van der Waals surface area contributed by atoms with Gasteiger partial charge in [-0.3, -0.25) is 4.90 Å². The van der Waals surface area contributed by atoms with E-state index >= 15 is 0 Å². The zero-order valence-corrected chi connectivity index (χ0v) is 19.8. The number of hydrogen-bond acceptors (Lipinski definition) is 2. The Balaban J connectivity index is 1.42. The molecule has 0 atom stereocenters. The minimum absolute atomic E-state index is 0.395. The van der Waals surface area contributed by atoms with Gasteiger partial charge in [0.1, 0.15) is 5.75 Å². The Morgan fingerprint density at radius 3 is 2.27 bits per heavy atom. The van der Waals surface area contributed by atoms with E-state index < -0.39 is 0 Å². The molecule has 5 rings (SSSR count). The fraction of sp³-hybridized carbons (Fsp3) is 0.355. The van der Waals surface area contributed by atoms with Crippen LogP contribution in [0.3, 0.4) is 0 Å². The first kappa shape index (κ1) is 22.0. The molecule has 33 heavy (non-hydrogen) atoms. The summed E-state index contributed by atoms with van der Waals surface area (Å²) in [6.07, 6.45) is 8.94. The van der Waals surface area contributed by atoms with Crippen molar-refractivity contribution < 1.29 is 4.74 Å². The van der Waals surface area contributed by atoms with E-state index in [4.69, 9.17) is 4.74 Å². The van der Waals surface area contributed by atoms with Crippen LogP contribution in [0.4, 0.5) is 0 Å². The summed E-state index contributed by atoms with van der Waals surface area (Å²) in [4.78, 5) is 2.44. The van der Waals surface area contributed by atoms with Gasteiger partial charge in [0.05, 0.1) is 6.10 Å². The normalized spacial score (nSPS) is 16.7. The van der Waals surface area contributed by atoms with Gasteiger partial charge < -0.3 is 4.74 Å². The maximum atomic E-state index is 6.40. The molecule has 0 radical (unpaired) electrons. The maximum absolute atomic E-state index is 6.40. The van der Waals surface area contributed by atoms with Crippen LogP contribution in [-0.4, -0.2) is 24.6 Å². The van der Waals surface area contributed by atoms with E-state index in [2.05, 4.69) is 90.8 Å². The SMILES string of the molecule is CN(CC1=C(c2ccccc2)c2ccc(OC3CCCCC3)cc2CC1)Cc1ccccc1. The molecule has 1 fully saturated rings. The van der Waals surface area contributed by atoms with Crippen LogP contribution in [0, 0.1) is 0 Å². The van der Waals surface area contributed by atoms with Gasteiger partial charge in [-0.2, -0.15) is 0 Å². The third kappa shape index (κ3) is 5.39. The molecule has 0 saturated heterocycles. The molecule has 3 aromatic rings. The van der Waals surface area contributed by atoms with Crippen molar-refractivity contribution in [2.75, 3.05) is 13.6 Å². The predicted octanol–water partition coefficient (Wildman–Crippen LogP) is 7.28. The Morgan fingerprint density at radius 2 is 1.52 bits per heavy atom. The number of benzene rings is 3. The van der Waals surface area contributed by atoms with Crippen LogP contribution in [0.5, 0.6) is 5.75 Å². The van der Waals surface area contributed by atoms with E-state index in [0.29, 0.717) is 6.10 Å². The highest BCUT2D eigenvalue weighted by molar-refractivity contribution is 5.85. The monoisotopic (exact) mass is 437 g/mol.